The first-order valence-corrected chi connectivity index (χ1v) is 7.39. The van der Waals surface area contributed by atoms with Crippen LogP contribution in [0.15, 0.2) is 24.3 Å². The van der Waals surface area contributed by atoms with Gasteiger partial charge in [0.1, 0.15) is 13.2 Å². The zero-order valence-electron chi connectivity index (χ0n) is 12.3. The second-order valence-electron chi connectivity index (χ2n) is 5.56. The number of nitrogens with one attached hydrogen (secondary N) is 1. The third kappa shape index (κ3) is 4.19. The van der Waals surface area contributed by atoms with Gasteiger partial charge >= 0.3 is 0 Å². The van der Waals surface area contributed by atoms with Crippen molar-refractivity contribution in [3.8, 4) is 0 Å². The van der Waals surface area contributed by atoms with Gasteiger partial charge in [-0.3, -0.25) is 14.5 Å². The van der Waals surface area contributed by atoms with Crippen LogP contribution in [0.4, 0.5) is 5.69 Å². The van der Waals surface area contributed by atoms with Crippen molar-refractivity contribution >= 4 is 29.1 Å². The van der Waals surface area contributed by atoms with Crippen LogP contribution in [0.25, 0.3) is 0 Å². The number of rotatable bonds is 5. The van der Waals surface area contributed by atoms with Crippen molar-refractivity contribution in [2.75, 3.05) is 31.2 Å². The van der Waals surface area contributed by atoms with Gasteiger partial charge in [-0.15, -0.1) is 0 Å². The lowest BCUT2D eigenvalue weighted by Gasteiger charge is -2.18. The van der Waals surface area contributed by atoms with E-state index in [1.165, 1.54) is 0 Å². The molecule has 6 heteroatoms. The second-order valence-corrected chi connectivity index (χ2v) is 6.00. The molecule has 1 heterocycles. The van der Waals surface area contributed by atoms with E-state index in [1.54, 1.807) is 28.0 Å². The molecule has 2 rings (SSSR count). The highest BCUT2D eigenvalue weighted by atomic mass is 35.5. The fourth-order valence-corrected chi connectivity index (χ4v) is 2.35. The maximum atomic E-state index is 12.1. The summed E-state index contributed by atoms with van der Waals surface area (Å²) in [4.78, 5) is 27.3. The molecule has 1 aromatic rings. The Kier molecular flexibility index (Phi) is 5.20. The Morgan fingerprint density at radius 1 is 1.43 bits per heavy atom. The van der Waals surface area contributed by atoms with Crippen LogP contribution in [-0.4, -0.2) is 43.0 Å². The lowest BCUT2D eigenvalue weighted by molar-refractivity contribution is -0.130. The maximum absolute atomic E-state index is 12.1. The van der Waals surface area contributed by atoms with Crippen LogP contribution in [0.3, 0.4) is 0 Å². The molecular weight excluding hydrogens is 290 g/mol. The average Bonchev–Trinajstić information content (AvgIpc) is 2.80. The monoisotopic (exact) mass is 309 g/mol. The average molecular weight is 310 g/mol. The topological polar surface area (TPSA) is 52.7 Å². The van der Waals surface area contributed by atoms with E-state index in [0.717, 1.165) is 12.2 Å². The first-order valence-electron chi connectivity index (χ1n) is 7.02. The van der Waals surface area contributed by atoms with Crippen molar-refractivity contribution in [2.45, 2.75) is 13.8 Å². The number of halogens is 1. The lowest BCUT2D eigenvalue weighted by atomic mass is 10.2. The summed E-state index contributed by atoms with van der Waals surface area (Å²) >= 11 is 5.94. The highest BCUT2D eigenvalue weighted by Gasteiger charge is 2.31. The summed E-state index contributed by atoms with van der Waals surface area (Å²) in [6.07, 6.45) is 0. The molecule has 1 aromatic carbocycles. The molecule has 5 nitrogen and oxygen atoms in total. The van der Waals surface area contributed by atoms with Crippen LogP contribution in [0.5, 0.6) is 0 Å². The highest BCUT2D eigenvalue weighted by Crippen LogP contribution is 2.22. The fourth-order valence-electron chi connectivity index (χ4n) is 2.16. The smallest absolute Gasteiger partial charge is 0.248 e. The van der Waals surface area contributed by atoms with Crippen molar-refractivity contribution in [1.29, 1.82) is 0 Å². The maximum Gasteiger partial charge on any atom is 0.248 e. The molecule has 0 saturated carbocycles. The Morgan fingerprint density at radius 2 is 2.19 bits per heavy atom. The first-order chi connectivity index (χ1) is 9.97. The highest BCUT2D eigenvalue weighted by molar-refractivity contribution is 6.30. The minimum atomic E-state index is -0.0884. The quantitative estimate of drug-likeness (QED) is 0.901. The molecule has 0 aromatic heterocycles. The predicted molar refractivity (Wildman–Crippen MR) is 83.2 cm³/mol. The molecular formula is C15H20ClN3O2. The molecule has 0 bridgehead atoms. The van der Waals surface area contributed by atoms with E-state index in [1.807, 2.05) is 6.07 Å². The summed E-state index contributed by atoms with van der Waals surface area (Å²) in [5.41, 5.74) is 0.720. The molecule has 1 aliphatic rings. The van der Waals surface area contributed by atoms with E-state index in [4.69, 9.17) is 11.6 Å². The molecule has 21 heavy (non-hydrogen) atoms. The van der Waals surface area contributed by atoms with Gasteiger partial charge in [0.2, 0.25) is 11.8 Å². The van der Waals surface area contributed by atoms with Crippen molar-refractivity contribution in [3.63, 3.8) is 0 Å². The van der Waals surface area contributed by atoms with Crippen LogP contribution in [-0.2, 0) is 9.59 Å². The number of amides is 2. The molecule has 0 atom stereocenters. The van der Waals surface area contributed by atoms with E-state index in [-0.39, 0.29) is 31.6 Å². The van der Waals surface area contributed by atoms with Gasteiger partial charge < -0.3 is 10.2 Å². The summed E-state index contributed by atoms with van der Waals surface area (Å²) in [7, 11) is 0. The Morgan fingerprint density at radius 3 is 2.86 bits per heavy atom. The summed E-state index contributed by atoms with van der Waals surface area (Å²) in [5, 5.41) is 3.67. The van der Waals surface area contributed by atoms with Gasteiger partial charge in [-0.25, -0.2) is 0 Å². The first kappa shape index (κ1) is 15.8. The third-order valence-corrected chi connectivity index (χ3v) is 3.48. The Balaban J connectivity index is 1.94. The van der Waals surface area contributed by atoms with Gasteiger partial charge in [-0.1, -0.05) is 31.5 Å². The van der Waals surface area contributed by atoms with Crippen LogP contribution in [0.1, 0.15) is 13.8 Å². The predicted octanol–water partition coefficient (Wildman–Crippen LogP) is 1.72. The van der Waals surface area contributed by atoms with Crippen LogP contribution >= 0.6 is 11.6 Å². The van der Waals surface area contributed by atoms with E-state index < -0.39 is 0 Å². The number of hydrogen-bond donors (Lipinski definition) is 1. The van der Waals surface area contributed by atoms with Crippen molar-refractivity contribution in [1.82, 2.24) is 10.2 Å². The minimum Gasteiger partial charge on any atom is -0.314 e. The van der Waals surface area contributed by atoms with Crippen molar-refractivity contribution < 1.29 is 9.59 Å². The summed E-state index contributed by atoms with van der Waals surface area (Å²) in [6, 6.07) is 7.09. The molecule has 1 aliphatic heterocycles. The largest absolute Gasteiger partial charge is 0.314 e. The van der Waals surface area contributed by atoms with Gasteiger partial charge in [0, 0.05) is 10.7 Å². The summed E-state index contributed by atoms with van der Waals surface area (Å²) in [5.74, 6) is 0.337. The van der Waals surface area contributed by atoms with Crippen LogP contribution in [0, 0.1) is 5.92 Å². The molecule has 1 saturated heterocycles. The molecule has 0 spiro atoms. The van der Waals surface area contributed by atoms with Gasteiger partial charge in [0.15, 0.2) is 0 Å². The molecule has 0 unspecified atom stereocenters. The lowest BCUT2D eigenvalue weighted by Crippen LogP contribution is -2.38. The molecule has 2 amide bonds. The summed E-state index contributed by atoms with van der Waals surface area (Å²) in [6.45, 7) is 5.60. The Labute approximate surface area is 129 Å². The minimum absolute atomic E-state index is 0.0615. The van der Waals surface area contributed by atoms with E-state index in [0.29, 0.717) is 10.9 Å². The van der Waals surface area contributed by atoms with Crippen molar-refractivity contribution in [2.24, 2.45) is 5.92 Å². The second kappa shape index (κ2) is 6.91. The number of hydrogen-bond acceptors (Lipinski definition) is 3. The number of carbonyl (C=O) groups excluding carboxylic acids is 2. The molecule has 114 valence electrons. The molecule has 0 aliphatic carbocycles. The Bertz CT molecular complexity index is 533. The van der Waals surface area contributed by atoms with E-state index in [2.05, 4.69) is 19.2 Å². The van der Waals surface area contributed by atoms with E-state index in [9.17, 15) is 9.59 Å². The number of carbonyl (C=O) groups is 2. The zero-order valence-corrected chi connectivity index (χ0v) is 13.1. The summed E-state index contributed by atoms with van der Waals surface area (Å²) < 4.78 is 0. The van der Waals surface area contributed by atoms with Crippen LogP contribution < -0.4 is 10.2 Å². The molecule has 1 N–H and O–H groups in total. The normalized spacial score (nSPS) is 15.1. The standard InChI is InChI=1S/C15H20ClN3O2/c1-11(2)7-17-8-14(20)18-9-15(21)19(10-18)13-5-3-4-12(16)6-13/h3-6,11,17H,7-10H2,1-2H3. The molecule has 0 radical (unpaired) electrons. The van der Waals surface area contributed by atoms with Gasteiger partial charge in [-0.05, 0) is 30.7 Å². The van der Waals surface area contributed by atoms with Gasteiger partial charge in [0.05, 0.1) is 6.54 Å². The SMILES string of the molecule is CC(C)CNCC(=O)N1CC(=O)N(c2cccc(Cl)c2)C1. The van der Waals surface area contributed by atoms with Gasteiger partial charge in [-0.2, -0.15) is 0 Å². The fraction of sp³-hybridized carbons (Fsp3) is 0.467. The van der Waals surface area contributed by atoms with E-state index >= 15 is 0 Å². The zero-order chi connectivity index (χ0) is 15.4. The molecule has 1 fully saturated rings. The third-order valence-electron chi connectivity index (χ3n) is 3.24. The number of benzene rings is 1. The number of anilines is 1. The van der Waals surface area contributed by atoms with Crippen molar-refractivity contribution in [3.05, 3.63) is 29.3 Å². The van der Waals surface area contributed by atoms with Gasteiger partial charge in [0.25, 0.3) is 0 Å². The number of nitrogens with zero attached hydrogens (tertiary/aromatic N) is 2. The van der Waals surface area contributed by atoms with Crippen LogP contribution in [0.2, 0.25) is 5.02 Å². The Hall–Kier alpha value is -1.59.